The maximum atomic E-state index is 12.3. The molecule has 1 fully saturated rings. The van der Waals surface area contributed by atoms with E-state index in [0.717, 1.165) is 25.8 Å². The highest BCUT2D eigenvalue weighted by Crippen LogP contribution is 2.18. The monoisotopic (exact) mass is 274 g/mol. The summed E-state index contributed by atoms with van der Waals surface area (Å²) in [6.45, 7) is 7.30. The molecule has 1 heterocycles. The van der Waals surface area contributed by atoms with Crippen LogP contribution in [0.15, 0.2) is 30.3 Å². The van der Waals surface area contributed by atoms with Gasteiger partial charge < -0.3 is 10.6 Å². The molecule has 3 heteroatoms. The molecule has 0 radical (unpaired) electrons. The second-order valence-corrected chi connectivity index (χ2v) is 6.56. The van der Waals surface area contributed by atoms with Crippen molar-refractivity contribution in [2.75, 3.05) is 6.54 Å². The van der Waals surface area contributed by atoms with Crippen LogP contribution in [0.5, 0.6) is 0 Å². The molecule has 1 aliphatic heterocycles. The van der Waals surface area contributed by atoms with E-state index in [4.69, 9.17) is 0 Å². The van der Waals surface area contributed by atoms with E-state index in [9.17, 15) is 4.79 Å². The molecule has 1 aromatic carbocycles. The molecule has 0 saturated carbocycles. The molecule has 2 unspecified atom stereocenters. The minimum atomic E-state index is -0.170. The Morgan fingerprint density at radius 3 is 2.65 bits per heavy atom. The number of benzene rings is 1. The maximum absolute atomic E-state index is 12.3. The van der Waals surface area contributed by atoms with Gasteiger partial charge in [0.15, 0.2) is 0 Å². The lowest BCUT2D eigenvalue weighted by molar-refractivity contribution is -0.125. The van der Waals surface area contributed by atoms with Crippen molar-refractivity contribution in [3.8, 4) is 0 Å². The van der Waals surface area contributed by atoms with E-state index >= 15 is 0 Å². The van der Waals surface area contributed by atoms with Crippen LogP contribution in [-0.2, 0) is 11.2 Å². The topological polar surface area (TPSA) is 41.1 Å². The number of carbonyl (C=O) groups is 1. The molecule has 1 aromatic rings. The molecule has 0 spiro atoms. The van der Waals surface area contributed by atoms with Crippen molar-refractivity contribution in [2.45, 2.75) is 51.6 Å². The Bertz CT molecular complexity index is 442. The standard InChI is InChI=1S/C17H26N2O/c1-13-10-12-18-15(13)16(20)19-17(2,3)11-9-14-7-5-4-6-8-14/h4-8,13,15,18H,9-12H2,1-3H3,(H,19,20). The van der Waals surface area contributed by atoms with Crippen molar-refractivity contribution in [2.24, 2.45) is 5.92 Å². The number of hydrogen-bond donors (Lipinski definition) is 2. The molecule has 3 nitrogen and oxygen atoms in total. The number of rotatable bonds is 5. The second-order valence-electron chi connectivity index (χ2n) is 6.56. The van der Waals surface area contributed by atoms with Crippen molar-refractivity contribution in [1.82, 2.24) is 10.6 Å². The van der Waals surface area contributed by atoms with E-state index in [0.29, 0.717) is 5.92 Å². The first-order valence-corrected chi connectivity index (χ1v) is 7.57. The average Bonchev–Trinajstić information content (AvgIpc) is 2.84. The van der Waals surface area contributed by atoms with Gasteiger partial charge in [-0.25, -0.2) is 0 Å². The van der Waals surface area contributed by atoms with Crippen molar-refractivity contribution >= 4 is 5.91 Å². The summed E-state index contributed by atoms with van der Waals surface area (Å²) < 4.78 is 0. The third kappa shape index (κ3) is 4.07. The first-order chi connectivity index (χ1) is 9.48. The second kappa shape index (κ2) is 6.40. The zero-order valence-corrected chi connectivity index (χ0v) is 12.8. The van der Waals surface area contributed by atoms with Gasteiger partial charge in [0.2, 0.25) is 5.91 Å². The largest absolute Gasteiger partial charge is 0.350 e. The van der Waals surface area contributed by atoms with Gasteiger partial charge in [-0.15, -0.1) is 0 Å². The highest BCUT2D eigenvalue weighted by atomic mass is 16.2. The van der Waals surface area contributed by atoms with Crippen molar-refractivity contribution < 1.29 is 4.79 Å². The summed E-state index contributed by atoms with van der Waals surface area (Å²) in [6, 6.07) is 10.4. The summed E-state index contributed by atoms with van der Waals surface area (Å²) in [6.07, 6.45) is 3.02. The highest BCUT2D eigenvalue weighted by molar-refractivity contribution is 5.83. The molecule has 1 amide bonds. The fourth-order valence-corrected chi connectivity index (χ4v) is 2.76. The van der Waals surface area contributed by atoms with Crippen LogP contribution in [0.3, 0.4) is 0 Å². The summed E-state index contributed by atoms with van der Waals surface area (Å²) >= 11 is 0. The smallest absolute Gasteiger partial charge is 0.237 e. The van der Waals surface area contributed by atoms with E-state index in [1.165, 1.54) is 5.56 Å². The molecule has 2 rings (SSSR count). The molecule has 0 bridgehead atoms. The Morgan fingerprint density at radius 2 is 2.05 bits per heavy atom. The molecule has 110 valence electrons. The predicted molar refractivity (Wildman–Crippen MR) is 82.6 cm³/mol. The van der Waals surface area contributed by atoms with Crippen LogP contribution in [0.1, 0.15) is 39.2 Å². The van der Waals surface area contributed by atoms with E-state index in [-0.39, 0.29) is 17.5 Å². The van der Waals surface area contributed by atoms with E-state index in [1.54, 1.807) is 0 Å². The van der Waals surface area contributed by atoms with Crippen molar-refractivity contribution in [3.63, 3.8) is 0 Å². The third-order valence-corrected chi connectivity index (χ3v) is 4.16. The molecule has 20 heavy (non-hydrogen) atoms. The molecule has 0 aliphatic carbocycles. The Kier molecular flexibility index (Phi) is 4.81. The minimum absolute atomic E-state index is 0.0222. The first-order valence-electron chi connectivity index (χ1n) is 7.57. The van der Waals surface area contributed by atoms with Crippen molar-refractivity contribution in [3.05, 3.63) is 35.9 Å². The van der Waals surface area contributed by atoms with Crippen LogP contribution < -0.4 is 10.6 Å². The number of hydrogen-bond acceptors (Lipinski definition) is 2. The van der Waals surface area contributed by atoms with Gasteiger partial charge >= 0.3 is 0 Å². The Balaban J connectivity index is 1.85. The SMILES string of the molecule is CC1CCNC1C(=O)NC(C)(C)CCc1ccccc1. The molecule has 1 aliphatic rings. The number of nitrogens with one attached hydrogen (secondary N) is 2. The molecule has 2 N–H and O–H groups in total. The average molecular weight is 274 g/mol. The molecule has 1 saturated heterocycles. The Morgan fingerprint density at radius 1 is 1.35 bits per heavy atom. The summed E-state index contributed by atoms with van der Waals surface area (Å²) in [7, 11) is 0. The van der Waals surface area contributed by atoms with Gasteiger partial charge in [0, 0.05) is 5.54 Å². The number of amides is 1. The zero-order valence-electron chi connectivity index (χ0n) is 12.8. The molecule has 0 aromatic heterocycles. The highest BCUT2D eigenvalue weighted by Gasteiger charge is 2.32. The fraction of sp³-hybridized carbons (Fsp3) is 0.588. The number of carbonyl (C=O) groups excluding carboxylic acids is 1. The van der Waals surface area contributed by atoms with Gasteiger partial charge in [0.05, 0.1) is 6.04 Å². The molecular formula is C17H26N2O. The maximum Gasteiger partial charge on any atom is 0.237 e. The lowest BCUT2D eigenvalue weighted by atomic mass is 9.94. The van der Waals surface area contributed by atoms with Crippen LogP contribution >= 0.6 is 0 Å². The van der Waals surface area contributed by atoms with Crippen LogP contribution in [0.25, 0.3) is 0 Å². The Labute approximate surface area is 122 Å². The predicted octanol–water partition coefficient (Wildman–Crippen LogP) is 2.51. The summed E-state index contributed by atoms with van der Waals surface area (Å²) in [4.78, 5) is 12.3. The van der Waals surface area contributed by atoms with Gasteiger partial charge in [-0.3, -0.25) is 4.79 Å². The minimum Gasteiger partial charge on any atom is -0.350 e. The van der Waals surface area contributed by atoms with Crippen LogP contribution in [0.2, 0.25) is 0 Å². The van der Waals surface area contributed by atoms with E-state index < -0.39 is 0 Å². The lowest BCUT2D eigenvalue weighted by Crippen LogP contribution is -2.51. The fourth-order valence-electron chi connectivity index (χ4n) is 2.76. The van der Waals surface area contributed by atoms with Crippen molar-refractivity contribution in [1.29, 1.82) is 0 Å². The van der Waals surface area contributed by atoms with Crippen LogP contribution in [0.4, 0.5) is 0 Å². The van der Waals surface area contributed by atoms with Gasteiger partial charge in [-0.2, -0.15) is 0 Å². The van der Waals surface area contributed by atoms with E-state index in [2.05, 4.69) is 55.7 Å². The number of aryl methyl sites for hydroxylation is 1. The molecule has 2 atom stereocenters. The normalized spacial score (nSPS) is 22.8. The Hall–Kier alpha value is -1.35. The first kappa shape index (κ1) is 15.0. The summed E-state index contributed by atoms with van der Waals surface area (Å²) in [5.74, 6) is 0.577. The van der Waals surface area contributed by atoms with E-state index in [1.807, 2.05) is 6.07 Å². The van der Waals surface area contributed by atoms with Gasteiger partial charge in [-0.05, 0) is 51.1 Å². The summed E-state index contributed by atoms with van der Waals surface area (Å²) in [5, 5.41) is 6.49. The third-order valence-electron chi connectivity index (χ3n) is 4.16. The van der Waals surface area contributed by atoms with Crippen LogP contribution in [-0.4, -0.2) is 24.0 Å². The zero-order chi connectivity index (χ0) is 14.6. The quantitative estimate of drug-likeness (QED) is 0.866. The van der Waals surface area contributed by atoms with Gasteiger partial charge in [0.25, 0.3) is 0 Å². The van der Waals surface area contributed by atoms with Gasteiger partial charge in [-0.1, -0.05) is 37.3 Å². The lowest BCUT2D eigenvalue weighted by Gasteiger charge is -2.29. The summed E-state index contributed by atoms with van der Waals surface area (Å²) in [5.41, 5.74) is 1.15. The van der Waals surface area contributed by atoms with Crippen LogP contribution in [0, 0.1) is 5.92 Å². The molecular weight excluding hydrogens is 248 g/mol. The van der Waals surface area contributed by atoms with Gasteiger partial charge in [0.1, 0.15) is 0 Å².